The number of benzene rings is 2. The summed E-state index contributed by atoms with van der Waals surface area (Å²) in [6.07, 6.45) is 2.91. The van der Waals surface area contributed by atoms with Crippen molar-refractivity contribution in [3.8, 4) is 0 Å². The molecule has 0 aliphatic carbocycles. The van der Waals surface area contributed by atoms with Crippen molar-refractivity contribution >= 4 is 10.9 Å². The van der Waals surface area contributed by atoms with Crippen LogP contribution in [0.4, 0.5) is 0 Å². The van der Waals surface area contributed by atoms with Crippen LogP contribution in [0.2, 0.25) is 0 Å². The fourth-order valence-electron chi connectivity index (χ4n) is 2.74. The topological polar surface area (TPSA) is 9.23 Å². The first-order chi connectivity index (χ1) is 10.3. The molecule has 2 heteroatoms. The number of hydrogen-bond donors (Lipinski definition) is 0. The first-order valence-corrected chi connectivity index (χ1v) is 9.27. The minimum absolute atomic E-state index is 0.238. The summed E-state index contributed by atoms with van der Waals surface area (Å²) in [6.45, 7) is 3.10. The third-order valence-corrected chi connectivity index (χ3v) is 6.34. The van der Waals surface area contributed by atoms with Crippen LogP contribution in [0.1, 0.15) is 24.0 Å². The van der Waals surface area contributed by atoms with Crippen LogP contribution in [0.15, 0.2) is 59.5 Å². The predicted molar refractivity (Wildman–Crippen MR) is 90.8 cm³/mol. The standard InChI is InChI=1S/C19H23OS/c1-16-9-11-19(12-10-16)21(15-18-8-5-13-20-18)14-17-6-3-2-4-7-17/h2-4,6-7,9-12,18H,5,8,13-15H2,1H3/q+1. The molecule has 2 aromatic rings. The lowest BCUT2D eigenvalue weighted by molar-refractivity contribution is 0.128. The maximum atomic E-state index is 5.87. The third kappa shape index (κ3) is 4.12. The summed E-state index contributed by atoms with van der Waals surface area (Å²) in [5.74, 6) is 2.29. The van der Waals surface area contributed by atoms with E-state index >= 15 is 0 Å². The molecule has 1 heterocycles. The van der Waals surface area contributed by atoms with Crippen LogP contribution in [0.3, 0.4) is 0 Å². The smallest absolute Gasteiger partial charge is 0.155 e. The number of hydrogen-bond acceptors (Lipinski definition) is 1. The van der Waals surface area contributed by atoms with Crippen molar-refractivity contribution in [2.75, 3.05) is 12.4 Å². The summed E-state index contributed by atoms with van der Waals surface area (Å²) in [4.78, 5) is 1.47. The van der Waals surface area contributed by atoms with Crippen molar-refractivity contribution in [3.63, 3.8) is 0 Å². The Kier molecular flexibility index (Phi) is 5.00. The molecule has 2 unspecified atom stereocenters. The van der Waals surface area contributed by atoms with Crippen LogP contribution in [-0.2, 0) is 21.4 Å². The lowest BCUT2D eigenvalue weighted by Gasteiger charge is -2.13. The van der Waals surface area contributed by atoms with Gasteiger partial charge in [0.1, 0.15) is 17.6 Å². The molecule has 1 fully saturated rings. The van der Waals surface area contributed by atoms with Gasteiger partial charge in [0.2, 0.25) is 0 Å². The van der Waals surface area contributed by atoms with Gasteiger partial charge in [-0.3, -0.25) is 0 Å². The van der Waals surface area contributed by atoms with Crippen molar-refractivity contribution in [1.29, 1.82) is 0 Å². The molecule has 0 radical (unpaired) electrons. The third-order valence-electron chi connectivity index (χ3n) is 3.95. The van der Waals surface area contributed by atoms with E-state index in [1.807, 2.05) is 0 Å². The number of rotatable bonds is 5. The second-order valence-electron chi connectivity index (χ2n) is 5.74. The summed E-state index contributed by atoms with van der Waals surface area (Å²) in [6, 6.07) is 19.9. The van der Waals surface area contributed by atoms with Crippen molar-refractivity contribution in [1.82, 2.24) is 0 Å². The van der Waals surface area contributed by atoms with E-state index in [-0.39, 0.29) is 10.9 Å². The molecule has 21 heavy (non-hydrogen) atoms. The largest absolute Gasteiger partial charge is 0.373 e. The Morgan fingerprint density at radius 3 is 2.48 bits per heavy atom. The highest BCUT2D eigenvalue weighted by molar-refractivity contribution is 7.96. The lowest BCUT2D eigenvalue weighted by atomic mass is 10.2. The van der Waals surface area contributed by atoms with Gasteiger partial charge in [-0.25, -0.2) is 0 Å². The summed E-state index contributed by atoms with van der Waals surface area (Å²) in [7, 11) is 0.238. The molecular weight excluding hydrogens is 276 g/mol. The van der Waals surface area contributed by atoms with Crippen LogP contribution >= 0.6 is 0 Å². The molecule has 0 bridgehead atoms. The Bertz CT molecular complexity index is 544. The summed E-state index contributed by atoms with van der Waals surface area (Å²) in [5, 5.41) is 0. The minimum atomic E-state index is 0.238. The van der Waals surface area contributed by atoms with Gasteiger partial charge in [-0.05, 0) is 31.9 Å². The first-order valence-electron chi connectivity index (χ1n) is 7.71. The van der Waals surface area contributed by atoms with Crippen LogP contribution < -0.4 is 0 Å². The van der Waals surface area contributed by atoms with E-state index in [2.05, 4.69) is 61.5 Å². The lowest BCUT2D eigenvalue weighted by Crippen LogP contribution is -2.22. The van der Waals surface area contributed by atoms with E-state index in [1.54, 1.807) is 0 Å². The molecule has 1 aliphatic heterocycles. The average molecular weight is 299 g/mol. The van der Waals surface area contributed by atoms with Gasteiger partial charge in [0, 0.05) is 23.1 Å². The van der Waals surface area contributed by atoms with E-state index < -0.39 is 0 Å². The Labute approximate surface area is 130 Å². The molecule has 1 nitrogen and oxygen atoms in total. The zero-order valence-electron chi connectivity index (χ0n) is 12.6. The molecule has 2 aromatic carbocycles. The summed E-state index contributed by atoms with van der Waals surface area (Å²) >= 11 is 0. The summed E-state index contributed by atoms with van der Waals surface area (Å²) < 4.78 is 5.87. The van der Waals surface area contributed by atoms with Crippen LogP contribution in [0, 0.1) is 6.92 Å². The molecular formula is C19H23OS+. The van der Waals surface area contributed by atoms with E-state index in [4.69, 9.17) is 4.74 Å². The van der Waals surface area contributed by atoms with Crippen molar-refractivity contribution in [2.24, 2.45) is 0 Å². The predicted octanol–water partition coefficient (Wildman–Crippen LogP) is 4.35. The fraction of sp³-hybridized carbons (Fsp3) is 0.368. The van der Waals surface area contributed by atoms with Crippen molar-refractivity contribution in [3.05, 3.63) is 65.7 Å². The normalized spacial score (nSPS) is 19.6. The van der Waals surface area contributed by atoms with E-state index in [0.717, 1.165) is 18.1 Å². The molecule has 1 saturated heterocycles. The molecule has 1 aliphatic rings. The van der Waals surface area contributed by atoms with Crippen molar-refractivity contribution in [2.45, 2.75) is 36.5 Å². The number of ether oxygens (including phenoxy) is 1. The summed E-state index contributed by atoms with van der Waals surface area (Å²) in [5.41, 5.74) is 2.76. The molecule has 0 N–H and O–H groups in total. The molecule has 2 atom stereocenters. The molecule has 110 valence electrons. The van der Waals surface area contributed by atoms with Gasteiger partial charge < -0.3 is 4.74 Å². The molecule has 3 rings (SSSR count). The molecule has 0 saturated carbocycles. The van der Waals surface area contributed by atoms with Gasteiger partial charge in [0.05, 0.1) is 0 Å². The van der Waals surface area contributed by atoms with E-state index in [1.165, 1.54) is 28.9 Å². The van der Waals surface area contributed by atoms with E-state index in [0.29, 0.717) is 6.10 Å². The van der Waals surface area contributed by atoms with Gasteiger partial charge in [-0.15, -0.1) is 0 Å². The van der Waals surface area contributed by atoms with Gasteiger partial charge in [-0.2, -0.15) is 0 Å². The molecule has 0 amide bonds. The maximum Gasteiger partial charge on any atom is 0.155 e. The Morgan fingerprint density at radius 1 is 1.05 bits per heavy atom. The van der Waals surface area contributed by atoms with Gasteiger partial charge in [0.15, 0.2) is 4.90 Å². The molecule has 0 aromatic heterocycles. The maximum absolute atomic E-state index is 5.87. The zero-order chi connectivity index (χ0) is 14.5. The van der Waals surface area contributed by atoms with Crippen LogP contribution in [0.25, 0.3) is 0 Å². The second kappa shape index (κ2) is 7.15. The highest BCUT2D eigenvalue weighted by Gasteiger charge is 2.29. The van der Waals surface area contributed by atoms with Gasteiger partial charge in [-0.1, -0.05) is 48.0 Å². The Balaban J connectivity index is 1.77. The van der Waals surface area contributed by atoms with Crippen molar-refractivity contribution < 1.29 is 4.74 Å². The highest BCUT2D eigenvalue weighted by Crippen LogP contribution is 2.24. The second-order valence-corrected chi connectivity index (χ2v) is 7.82. The number of aryl methyl sites for hydroxylation is 1. The SMILES string of the molecule is Cc1ccc([S+](Cc2ccccc2)CC2CCCO2)cc1. The van der Waals surface area contributed by atoms with Gasteiger partial charge in [0.25, 0.3) is 0 Å². The van der Waals surface area contributed by atoms with Crippen LogP contribution in [0.5, 0.6) is 0 Å². The Hall–Kier alpha value is -1.25. The Morgan fingerprint density at radius 2 is 1.81 bits per heavy atom. The first kappa shape index (κ1) is 14.7. The minimum Gasteiger partial charge on any atom is -0.373 e. The van der Waals surface area contributed by atoms with Gasteiger partial charge >= 0.3 is 0 Å². The fourth-order valence-corrected chi connectivity index (χ4v) is 5.05. The zero-order valence-corrected chi connectivity index (χ0v) is 13.4. The highest BCUT2D eigenvalue weighted by atomic mass is 32.2. The average Bonchev–Trinajstić information content (AvgIpc) is 3.01. The molecule has 0 spiro atoms. The monoisotopic (exact) mass is 299 g/mol. The van der Waals surface area contributed by atoms with E-state index in [9.17, 15) is 0 Å². The quantitative estimate of drug-likeness (QED) is 0.746. The van der Waals surface area contributed by atoms with Crippen LogP contribution in [-0.4, -0.2) is 18.5 Å².